The van der Waals surface area contributed by atoms with Crippen molar-refractivity contribution in [1.82, 2.24) is 20.1 Å². The maximum atomic E-state index is 11.5. The highest BCUT2D eigenvalue weighted by Crippen LogP contribution is 2.20. The summed E-state index contributed by atoms with van der Waals surface area (Å²) in [6.45, 7) is 3.23. The van der Waals surface area contributed by atoms with Crippen LogP contribution in [0, 0.1) is 0 Å². The molecule has 1 amide bonds. The zero-order valence-corrected chi connectivity index (χ0v) is 11.4. The van der Waals surface area contributed by atoms with E-state index in [4.69, 9.17) is 5.73 Å². The number of hydrogen-bond donors (Lipinski definition) is 2. The van der Waals surface area contributed by atoms with E-state index in [0.717, 1.165) is 36.1 Å². The van der Waals surface area contributed by atoms with Gasteiger partial charge in [-0.25, -0.2) is 0 Å². The lowest BCUT2D eigenvalue weighted by atomic mass is 10.4. The monoisotopic (exact) mass is 269 g/mol. The highest BCUT2D eigenvalue weighted by Gasteiger charge is 2.22. The molecule has 1 aliphatic rings. The average molecular weight is 269 g/mol. The number of carbonyl (C=O) groups excluding carboxylic acids is 1. The van der Waals surface area contributed by atoms with Crippen LogP contribution in [-0.4, -0.2) is 32.5 Å². The Hall–Kier alpha value is -1.08. The maximum Gasteiger partial charge on any atom is 0.221 e. The van der Waals surface area contributed by atoms with Gasteiger partial charge in [0, 0.05) is 24.8 Å². The van der Waals surface area contributed by atoms with Crippen molar-refractivity contribution in [3.8, 4) is 0 Å². The fourth-order valence-electron chi connectivity index (χ4n) is 1.66. The Bertz CT molecular complexity index is 416. The van der Waals surface area contributed by atoms with Crippen molar-refractivity contribution in [2.24, 2.45) is 5.73 Å². The number of rotatable bonds is 7. The fraction of sp³-hybridized carbons (Fsp3) is 0.727. The lowest BCUT2D eigenvalue weighted by Crippen LogP contribution is -2.25. The summed E-state index contributed by atoms with van der Waals surface area (Å²) in [5, 5.41) is 11.9. The van der Waals surface area contributed by atoms with Gasteiger partial charge >= 0.3 is 0 Å². The van der Waals surface area contributed by atoms with E-state index < -0.39 is 0 Å². The van der Waals surface area contributed by atoms with Crippen molar-refractivity contribution in [1.29, 1.82) is 0 Å². The maximum absolute atomic E-state index is 11.5. The second-order valence-electron chi connectivity index (χ2n) is 4.29. The van der Waals surface area contributed by atoms with Gasteiger partial charge in [-0.15, -0.1) is 10.2 Å². The second-order valence-corrected chi connectivity index (χ2v) is 5.35. The topological polar surface area (TPSA) is 85.8 Å². The van der Waals surface area contributed by atoms with Crippen LogP contribution in [0.5, 0.6) is 0 Å². The number of nitrogens with two attached hydrogens (primary N) is 1. The molecule has 0 saturated heterocycles. The third-order valence-electron chi connectivity index (χ3n) is 2.80. The van der Waals surface area contributed by atoms with Crippen molar-refractivity contribution < 1.29 is 4.79 Å². The summed E-state index contributed by atoms with van der Waals surface area (Å²) in [6, 6.07) is 0.436. The Kier molecular flexibility index (Phi) is 4.60. The molecule has 0 aromatic carbocycles. The Labute approximate surface area is 111 Å². The summed E-state index contributed by atoms with van der Waals surface area (Å²) < 4.78 is 1.99. The van der Waals surface area contributed by atoms with Gasteiger partial charge in [0.15, 0.2) is 5.16 Å². The predicted molar refractivity (Wildman–Crippen MR) is 70.1 cm³/mol. The first kappa shape index (κ1) is 13.4. The minimum absolute atomic E-state index is 0.131. The van der Waals surface area contributed by atoms with Crippen LogP contribution in [0.25, 0.3) is 0 Å². The van der Waals surface area contributed by atoms with E-state index in [2.05, 4.69) is 15.5 Å². The molecule has 1 heterocycles. The third-order valence-corrected chi connectivity index (χ3v) is 3.76. The van der Waals surface area contributed by atoms with E-state index in [9.17, 15) is 4.79 Å². The molecule has 0 aliphatic heterocycles. The number of nitrogens with one attached hydrogen (secondary N) is 1. The molecule has 0 unspecified atom stereocenters. The molecular weight excluding hydrogens is 250 g/mol. The molecule has 18 heavy (non-hydrogen) atoms. The van der Waals surface area contributed by atoms with Crippen molar-refractivity contribution in [2.45, 2.75) is 50.5 Å². The van der Waals surface area contributed by atoms with Crippen LogP contribution in [0.2, 0.25) is 0 Å². The molecule has 0 spiro atoms. The van der Waals surface area contributed by atoms with Gasteiger partial charge in [0.25, 0.3) is 0 Å². The Morgan fingerprint density at radius 2 is 2.33 bits per heavy atom. The molecule has 2 rings (SSSR count). The summed E-state index contributed by atoms with van der Waals surface area (Å²) >= 11 is 1.56. The zero-order valence-electron chi connectivity index (χ0n) is 10.6. The Morgan fingerprint density at radius 1 is 1.56 bits per heavy atom. The van der Waals surface area contributed by atoms with Gasteiger partial charge in [-0.05, 0) is 19.8 Å². The van der Waals surface area contributed by atoms with Crippen LogP contribution in [0.1, 0.15) is 32.0 Å². The van der Waals surface area contributed by atoms with Gasteiger partial charge in [-0.3, -0.25) is 4.79 Å². The van der Waals surface area contributed by atoms with Gasteiger partial charge in [0.05, 0.1) is 6.54 Å². The van der Waals surface area contributed by atoms with Crippen molar-refractivity contribution in [3.05, 3.63) is 5.82 Å². The first-order valence-electron chi connectivity index (χ1n) is 6.29. The molecule has 3 N–H and O–H groups in total. The number of thioether (sulfide) groups is 1. The number of carbonyl (C=O) groups is 1. The molecule has 1 aliphatic carbocycles. The molecule has 1 saturated carbocycles. The van der Waals surface area contributed by atoms with E-state index in [1.807, 2.05) is 11.5 Å². The van der Waals surface area contributed by atoms with Crippen molar-refractivity contribution in [2.75, 3.05) is 5.75 Å². The zero-order chi connectivity index (χ0) is 13.0. The van der Waals surface area contributed by atoms with Crippen LogP contribution in [-0.2, 0) is 17.9 Å². The van der Waals surface area contributed by atoms with E-state index in [0.29, 0.717) is 19.0 Å². The fourth-order valence-corrected chi connectivity index (χ4v) is 2.62. The lowest BCUT2D eigenvalue weighted by Gasteiger charge is -2.06. The van der Waals surface area contributed by atoms with Crippen LogP contribution < -0.4 is 11.1 Å². The molecule has 0 bridgehead atoms. The van der Waals surface area contributed by atoms with Crippen LogP contribution in [0.15, 0.2) is 5.16 Å². The molecule has 0 atom stereocenters. The van der Waals surface area contributed by atoms with Crippen molar-refractivity contribution >= 4 is 17.7 Å². The SMILES string of the molecule is CCn1c(CN)nnc1SCCC(=O)NC1CC1. The second kappa shape index (κ2) is 6.19. The predicted octanol–water partition coefficient (Wildman–Crippen LogP) is 0.518. The van der Waals surface area contributed by atoms with Crippen LogP contribution >= 0.6 is 11.8 Å². The Balaban J connectivity index is 1.78. The van der Waals surface area contributed by atoms with Gasteiger partial charge in [0.2, 0.25) is 5.91 Å². The summed E-state index contributed by atoms with van der Waals surface area (Å²) in [4.78, 5) is 11.5. The number of amides is 1. The smallest absolute Gasteiger partial charge is 0.221 e. The summed E-state index contributed by atoms with van der Waals surface area (Å²) in [5.41, 5.74) is 5.58. The molecule has 7 heteroatoms. The van der Waals surface area contributed by atoms with Crippen molar-refractivity contribution in [3.63, 3.8) is 0 Å². The number of aromatic nitrogens is 3. The number of hydrogen-bond acceptors (Lipinski definition) is 5. The molecule has 1 fully saturated rings. The molecule has 6 nitrogen and oxygen atoms in total. The first-order valence-corrected chi connectivity index (χ1v) is 7.27. The van der Waals surface area contributed by atoms with Crippen LogP contribution in [0.4, 0.5) is 0 Å². The van der Waals surface area contributed by atoms with E-state index in [1.165, 1.54) is 0 Å². The number of nitrogens with zero attached hydrogens (tertiary/aromatic N) is 3. The molecule has 1 aromatic rings. The van der Waals surface area contributed by atoms with E-state index in [-0.39, 0.29) is 5.91 Å². The molecule has 1 aromatic heterocycles. The van der Waals surface area contributed by atoms with Gasteiger partial charge in [0.1, 0.15) is 5.82 Å². The quantitative estimate of drug-likeness (QED) is 0.705. The highest BCUT2D eigenvalue weighted by molar-refractivity contribution is 7.99. The molecular formula is C11H19N5OS. The van der Waals surface area contributed by atoms with Gasteiger partial charge in [-0.1, -0.05) is 11.8 Å². The summed E-state index contributed by atoms with van der Waals surface area (Å²) in [7, 11) is 0. The van der Waals surface area contributed by atoms with E-state index >= 15 is 0 Å². The van der Waals surface area contributed by atoms with Gasteiger partial charge < -0.3 is 15.6 Å². The average Bonchev–Trinajstić information content (AvgIpc) is 3.08. The van der Waals surface area contributed by atoms with E-state index in [1.54, 1.807) is 11.8 Å². The molecule has 100 valence electrons. The minimum Gasteiger partial charge on any atom is -0.353 e. The standard InChI is InChI=1S/C11H19N5OS/c1-2-16-9(7-12)14-15-11(16)18-6-5-10(17)13-8-3-4-8/h8H,2-7,12H2,1H3,(H,13,17). The minimum atomic E-state index is 0.131. The summed E-state index contributed by atoms with van der Waals surface area (Å²) in [5.74, 6) is 1.65. The first-order chi connectivity index (χ1) is 8.74. The lowest BCUT2D eigenvalue weighted by molar-refractivity contribution is -0.120. The normalized spacial score (nSPS) is 14.8. The van der Waals surface area contributed by atoms with Gasteiger partial charge in [-0.2, -0.15) is 0 Å². The summed E-state index contributed by atoms with van der Waals surface area (Å²) in [6.07, 6.45) is 2.78. The molecule has 0 radical (unpaired) electrons. The largest absolute Gasteiger partial charge is 0.353 e. The highest BCUT2D eigenvalue weighted by atomic mass is 32.2. The third kappa shape index (κ3) is 3.46. The van der Waals surface area contributed by atoms with Crippen LogP contribution in [0.3, 0.4) is 0 Å². The Morgan fingerprint density at radius 3 is 2.94 bits per heavy atom.